The zero-order valence-electron chi connectivity index (χ0n) is 22.3. The van der Waals surface area contributed by atoms with E-state index in [1.54, 1.807) is 0 Å². The summed E-state index contributed by atoms with van der Waals surface area (Å²) < 4.78 is 0. The Hall–Kier alpha value is -3.44. The Balaban J connectivity index is 1.97. The lowest BCUT2D eigenvalue weighted by Gasteiger charge is -2.16. The van der Waals surface area contributed by atoms with Crippen molar-refractivity contribution >= 4 is 39.8 Å². The van der Waals surface area contributed by atoms with E-state index in [0.29, 0.717) is 6.54 Å². The van der Waals surface area contributed by atoms with Gasteiger partial charge < -0.3 is 15.7 Å². The van der Waals surface area contributed by atoms with Gasteiger partial charge in [0.25, 0.3) is 0 Å². The van der Waals surface area contributed by atoms with E-state index < -0.39 is 0 Å². The summed E-state index contributed by atoms with van der Waals surface area (Å²) in [6, 6.07) is 6.62. The number of fused-ring (bicyclic) bond motifs is 8. The molecule has 3 aromatic rings. The second kappa shape index (κ2) is 9.21. The number of aryl methyl sites for hydroxylation is 3. The molecule has 5 heterocycles. The number of aromatic amines is 2. The highest BCUT2D eigenvalue weighted by Crippen LogP contribution is 2.41. The predicted octanol–water partition coefficient (Wildman–Crippen LogP) is 7.24. The monoisotopic (exact) mass is 479 g/mol. The molecular weight excluding hydrogens is 442 g/mol. The van der Waals surface area contributed by atoms with Crippen LogP contribution in [0.15, 0.2) is 24.8 Å². The van der Waals surface area contributed by atoms with E-state index in [-0.39, 0.29) is 11.8 Å². The molecule has 0 aliphatic carbocycles. The molecule has 5 rings (SSSR count). The number of aromatic nitrogens is 4. The Morgan fingerprint density at radius 1 is 0.944 bits per heavy atom. The third-order valence-corrected chi connectivity index (χ3v) is 8.15. The predicted molar refractivity (Wildman–Crippen MR) is 153 cm³/mol. The zero-order chi connectivity index (χ0) is 25.7. The van der Waals surface area contributed by atoms with Gasteiger partial charge in [0, 0.05) is 50.9 Å². The van der Waals surface area contributed by atoms with Crippen molar-refractivity contribution in [3.63, 3.8) is 0 Å². The van der Waals surface area contributed by atoms with Gasteiger partial charge in [-0.05, 0) is 99.2 Å². The zero-order valence-corrected chi connectivity index (χ0v) is 22.3. The molecule has 0 saturated heterocycles. The van der Waals surface area contributed by atoms with Crippen LogP contribution in [0.5, 0.6) is 0 Å². The molecule has 2 aliphatic rings. The molecule has 0 saturated carbocycles. The molecule has 0 aromatic carbocycles. The van der Waals surface area contributed by atoms with Crippen molar-refractivity contribution in [2.24, 2.45) is 5.73 Å². The molecule has 3 aromatic heterocycles. The number of rotatable bonds is 4. The number of allylic oxidation sites excluding steroid dienone is 1. The highest BCUT2D eigenvalue weighted by molar-refractivity contribution is 5.86. The summed E-state index contributed by atoms with van der Waals surface area (Å²) in [7, 11) is 0. The maximum absolute atomic E-state index is 6.06. The van der Waals surface area contributed by atoms with Crippen LogP contribution in [0.3, 0.4) is 0 Å². The van der Waals surface area contributed by atoms with Crippen LogP contribution in [-0.4, -0.2) is 26.5 Å². The van der Waals surface area contributed by atoms with Crippen molar-refractivity contribution in [3.8, 4) is 0 Å². The van der Waals surface area contributed by atoms with E-state index in [0.717, 1.165) is 68.8 Å². The van der Waals surface area contributed by atoms with Crippen molar-refractivity contribution in [3.05, 3.63) is 75.4 Å². The molecule has 0 spiro atoms. The summed E-state index contributed by atoms with van der Waals surface area (Å²) in [6.07, 6.45) is 5.99. The summed E-state index contributed by atoms with van der Waals surface area (Å²) in [6.45, 7) is 17.9. The van der Waals surface area contributed by atoms with Crippen LogP contribution in [-0.2, 0) is 6.42 Å². The first-order valence-corrected chi connectivity index (χ1v) is 13.0. The first-order valence-electron chi connectivity index (χ1n) is 13.0. The van der Waals surface area contributed by atoms with Crippen LogP contribution < -0.4 is 5.73 Å². The Labute approximate surface area is 213 Å². The molecule has 2 atom stereocenters. The van der Waals surface area contributed by atoms with Crippen LogP contribution in [0.2, 0.25) is 0 Å². The van der Waals surface area contributed by atoms with Gasteiger partial charge in [0.05, 0.1) is 11.4 Å². The minimum absolute atomic E-state index is 0.276. The second-order valence-corrected chi connectivity index (χ2v) is 10.3. The normalized spacial score (nSPS) is 17.4. The van der Waals surface area contributed by atoms with Gasteiger partial charge in [-0.15, -0.1) is 0 Å². The molecule has 186 valence electrons. The van der Waals surface area contributed by atoms with E-state index in [2.05, 4.69) is 82.4 Å². The van der Waals surface area contributed by atoms with Gasteiger partial charge in [0.15, 0.2) is 0 Å². The third-order valence-electron chi connectivity index (χ3n) is 8.15. The molecule has 4 N–H and O–H groups in total. The molecule has 2 aliphatic heterocycles. The van der Waals surface area contributed by atoms with E-state index in [9.17, 15) is 0 Å². The first-order chi connectivity index (χ1) is 17.3. The lowest BCUT2D eigenvalue weighted by Crippen LogP contribution is -2.10. The number of hydrogen-bond acceptors (Lipinski definition) is 3. The van der Waals surface area contributed by atoms with Crippen molar-refractivity contribution in [2.45, 2.75) is 66.2 Å². The molecule has 2 unspecified atom stereocenters. The van der Waals surface area contributed by atoms with Crippen LogP contribution in [0.25, 0.3) is 39.8 Å². The molecule has 0 radical (unpaired) electrons. The van der Waals surface area contributed by atoms with E-state index in [4.69, 9.17) is 15.7 Å². The largest absolute Gasteiger partial charge is 0.355 e. The maximum Gasteiger partial charge on any atom is 0.0687 e. The third kappa shape index (κ3) is 3.82. The van der Waals surface area contributed by atoms with Crippen LogP contribution in [0.4, 0.5) is 0 Å². The van der Waals surface area contributed by atoms with Gasteiger partial charge in [-0.3, -0.25) is 4.98 Å². The smallest absolute Gasteiger partial charge is 0.0687 e. The Morgan fingerprint density at radius 2 is 1.67 bits per heavy atom. The van der Waals surface area contributed by atoms with Gasteiger partial charge in [0.1, 0.15) is 0 Å². The topological polar surface area (TPSA) is 83.4 Å². The average Bonchev–Trinajstić information content (AvgIpc) is 3.54. The van der Waals surface area contributed by atoms with Gasteiger partial charge in [-0.25, -0.2) is 4.98 Å². The Morgan fingerprint density at radius 3 is 2.36 bits per heavy atom. The van der Waals surface area contributed by atoms with Crippen molar-refractivity contribution < 1.29 is 0 Å². The number of nitrogens with zero attached hydrogens (tertiary/aromatic N) is 2. The quantitative estimate of drug-likeness (QED) is 0.369. The van der Waals surface area contributed by atoms with Crippen molar-refractivity contribution in [1.82, 2.24) is 19.9 Å². The number of hydrogen-bond donors (Lipinski definition) is 3. The summed E-state index contributed by atoms with van der Waals surface area (Å²) in [5, 5.41) is 0. The van der Waals surface area contributed by atoms with Crippen LogP contribution in [0, 0.1) is 20.8 Å². The standard InChI is InChI=1S/C31H37N5/c1-8-21-18(5)27-15-30-22(9-2)17(4)26(34-30)14-28-19(6)23(10-11-32)31(36-28)20(7)25-12-16(3)24(33-25)13-29(21)35-27/h9,12-15,19,23,34-35H,2,8,10-11,32H2,1,3-7H3. The van der Waals surface area contributed by atoms with Crippen LogP contribution in [0.1, 0.15) is 89.6 Å². The molecule has 0 amide bonds. The van der Waals surface area contributed by atoms with Gasteiger partial charge in [0.2, 0.25) is 0 Å². The molecule has 5 nitrogen and oxygen atoms in total. The highest BCUT2D eigenvalue weighted by atomic mass is 14.8. The minimum atomic E-state index is 0.276. The Bertz CT molecular complexity index is 1560. The molecule has 36 heavy (non-hydrogen) atoms. The molecule has 8 bridgehead atoms. The summed E-state index contributed by atoms with van der Waals surface area (Å²) in [5.41, 5.74) is 21.8. The van der Waals surface area contributed by atoms with E-state index in [1.807, 2.05) is 6.08 Å². The molecule has 0 fully saturated rings. The van der Waals surface area contributed by atoms with E-state index in [1.165, 1.54) is 22.3 Å². The average molecular weight is 480 g/mol. The first kappa shape index (κ1) is 24.3. The minimum Gasteiger partial charge on any atom is -0.355 e. The van der Waals surface area contributed by atoms with Gasteiger partial charge >= 0.3 is 0 Å². The number of nitrogens with two attached hydrogens (primary N) is 1. The SMILES string of the molecule is C=Cc1c(C)c2cc3nc(c(C)c4nc(cc5[nH]c(cc1[nH]2)c(C)c5CC)C(C)=C4)C(CCN)C3C. The van der Waals surface area contributed by atoms with Crippen molar-refractivity contribution in [1.29, 1.82) is 0 Å². The second-order valence-electron chi connectivity index (χ2n) is 10.3. The van der Waals surface area contributed by atoms with E-state index >= 15 is 0 Å². The lowest BCUT2D eigenvalue weighted by atomic mass is 9.87. The van der Waals surface area contributed by atoms with Crippen LogP contribution >= 0.6 is 0 Å². The maximum atomic E-state index is 6.06. The highest BCUT2D eigenvalue weighted by Gasteiger charge is 2.30. The molecular formula is C31H37N5. The lowest BCUT2D eigenvalue weighted by molar-refractivity contribution is 0.562. The van der Waals surface area contributed by atoms with Crippen molar-refractivity contribution in [2.75, 3.05) is 6.54 Å². The van der Waals surface area contributed by atoms with Gasteiger partial charge in [-0.2, -0.15) is 0 Å². The summed E-state index contributed by atoms with van der Waals surface area (Å²) in [4.78, 5) is 17.6. The fraction of sp³-hybridized carbons (Fsp3) is 0.355. The number of nitrogens with one attached hydrogen (secondary N) is 2. The summed E-state index contributed by atoms with van der Waals surface area (Å²) in [5.74, 6) is 0.555. The summed E-state index contributed by atoms with van der Waals surface area (Å²) >= 11 is 0. The Kier molecular flexibility index (Phi) is 6.21. The fourth-order valence-corrected chi connectivity index (χ4v) is 5.86. The number of H-pyrrole nitrogens is 2. The van der Waals surface area contributed by atoms with Gasteiger partial charge in [-0.1, -0.05) is 26.5 Å². The molecule has 5 heteroatoms. The fourth-order valence-electron chi connectivity index (χ4n) is 5.86.